The summed E-state index contributed by atoms with van der Waals surface area (Å²) in [6.07, 6.45) is 0. The molecule has 3 heteroatoms. The molecular formula is C8H10BrFS. The van der Waals surface area contributed by atoms with Crippen LogP contribution in [0.5, 0.6) is 0 Å². The van der Waals surface area contributed by atoms with Gasteiger partial charge in [-0.05, 0) is 27.4 Å². The Morgan fingerprint density at radius 2 is 2.00 bits per heavy atom. The molecule has 62 valence electrons. The maximum absolute atomic E-state index is 12.8. The molecule has 0 spiro atoms. The van der Waals surface area contributed by atoms with Gasteiger partial charge < -0.3 is 0 Å². The van der Waals surface area contributed by atoms with E-state index in [0.717, 1.165) is 4.88 Å². The van der Waals surface area contributed by atoms with E-state index in [0.29, 0.717) is 3.79 Å². The molecule has 0 aliphatic carbocycles. The summed E-state index contributed by atoms with van der Waals surface area (Å²) >= 11 is 4.61. The van der Waals surface area contributed by atoms with Gasteiger partial charge in [-0.2, -0.15) is 0 Å². The molecule has 0 radical (unpaired) electrons. The van der Waals surface area contributed by atoms with Gasteiger partial charge in [0.05, 0.1) is 0 Å². The van der Waals surface area contributed by atoms with Gasteiger partial charge in [0.15, 0.2) is 0 Å². The Morgan fingerprint density at radius 3 is 2.18 bits per heavy atom. The lowest BCUT2D eigenvalue weighted by Crippen LogP contribution is -2.07. The van der Waals surface area contributed by atoms with Crippen LogP contribution in [0.4, 0.5) is 4.39 Å². The Balaban J connectivity index is 3.08. The summed E-state index contributed by atoms with van der Waals surface area (Å²) in [7, 11) is 0. The SMILES string of the molecule is CC(C)(C)c1cc(F)c(Br)s1. The van der Waals surface area contributed by atoms with Crippen LogP contribution in [0.15, 0.2) is 9.85 Å². The van der Waals surface area contributed by atoms with Gasteiger partial charge in [-0.1, -0.05) is 20.8 Å². The second kappa shape index (κ2) is 2.87. The Labute approximate surface area is 78.6 Å². The largest absolute Gasteiger partial charge is 0.205 e. The van der Waals surface area contributed by atoms with E-state index < -0.39 is 0 Å². The molecule has 0 atom stereocenters. The Kier molecular flexibility index (Phi) is 2.40. The first kappa shape index (κ1) is 9.20. The Bertz CT molecular complexity index is 240. The maximum Gasteiger partial charge on any atom is 0.148 e. The molecule has 1 heterocycles. The molecule has 0 aliphatic rings. The third-order valence-electron chi connectivity index (χ3n) is 1.38. The van der Waals surface area contributed by atoms with Crippen molar-refractivity contribution in [3.05, 3.63) is 20.5 Å². The van der Waals surface area contributed by atoms with Gasteiger partial charge in [-0.3, -0.25) is 0 Å². The number of halogens is 2. The summed E-state index contributed by atoms with van der Waals surface area (Å²) in [6.45, 7) is 6.22. The summed E-state index contributed by atoms with van der Waals surface area (Å²) in [4.78, 5) is 1.07. The van der Waals surface area contributed by atoms with Crippen molar-refractivity contribution in [2.45, 2.75) is 26.2 Å². The minimum Gasteiger partial charge on any atom is -0.205 e. The zero-order valence-corrected chi connectivity index (χ0v) is 9.14. The van der Waals surface area contributed by atoms with Crippen LogP contribution in [-0.4, -0.2) is 0 Å². The van der Waals surface area contributed by atoms with Crippen LogP contribution < -0.4 is 0 Å². The molecule has 0 fully saturated rings. The quantitative estimate of drug-likeness (QED) is 0.640. The second-order valence-electron chi connectivity index (χ2n) is 3.48. The maximum atomic E-state index is 12.8. The highest BCUT2D eigenvalue weighted by molar-refractivity contribution is 9.11. The third-order valence-corrected chi connectivity index (χ3v) is 3.57. The van der Waals surface area contributed by atoms with E-state index in [1.54, 1.807) is 6.07 Å². The lowest BCUT2D eigenvalue weighted by atomic mass is 9.95. The fourth-order valence-corrected chi connectivity index (χ4v) is 2.17. The molecule has 0 bridgehead atoms. The van der Waals surface area contributed by atoms with Gasteiger partial charge >= 0.3 is 0 Å². The first-order valence-electron chi connectivity index (χ1n) is 3.36. The summed E-state index contributed by atoms with van der Waals surface area (Å²) in [5.74, 6) is -0.153. The molecule has 0 saturated carbocycles. The highest BCUT2D eigenvalue weighted by atomic mass is 79.9. The molecule has 11 heavy (non-hydrogen) atoms. The van der Waals surface area contributed by atoms with Crippen molar-refractivity contribution in [1.82, 2.24) is 0 Å². The Morgan fingerprint density at radius 1 is 1.45 bits per heavy atom. The molecule has 1 aromatic heterocycles. The number of thiophene rings is 1. The molecule has 0 amide bonds. The van der Waals surface area contributed by atoms with Crippen LogP contribution in [0, 0.1) is 5.82 Å². The zero-order chi connectivity index (χ0) is 8.65. The van der Waals surface area contributed by atoms with Crippen LogP contribution in [0.3, 0.4) is 0 Å². The van der Waals surface area contributed by atoms with E-state index >= 15 is 0 Å². The number of hydrogen-bond donors (Lipinski definition) is 0. The average molecular weight is 237 g/mol. The average Bonchev–Trinajstić information content (AvgIpc) is 2.11. The third kappa shape index (κ3) is 2.03. The topological polar surface area (TPSA) is 0 Å². The van der Waals surface area contributed by atoms with Crippen LogP contribution >= 0.6 is 27.3 Å². The molecule has 0 aliphatic heterocycles. The van der Waals surface area contributed by atoms with Crippen LogP contribution in [-0.2, 0) is 5.41 Å². The van der Waals surface area contributed by atoms with Crippen LogP contribution in [0.25, 0.3) is 0 Å². The minimum absolute atomic E-state index is 0.0531. The van der Waals surface area contributed by atoms with Crippen molar-refractivity contribution < 1.29 is 4.39 Å². The van der Waals surface area contributed by atoms with E-state index in [4.69, 9.17) is 0 Å². The monoisotopic (exact) mass is 236 g/mol. The molecule has 0 unspecified atom stereocenters. The molecule has 0 saturated heterocycles. The van der Waals surface area contributed by atoms with Crippen LogP contribution in [0.2, 0.25) is 0 Å². The zero-order valence-electron chi connectivity index (χ0n) is 6.74. The van der Waals surface area contributed by atoms with E-state index in [-0.39, 0.29) is 11.2 Å². The first-order valence-corrected chi connectivity index (χ1v) is 4.97. The van der Waals surface area contributed by atoms with E-state index in [2.05, 4.69) is 36.7 Å². The summed E-state index contributed by atoms with van der Waals surface area (Å²) in [5.41, 5.74) is 0.0531. The van der Waals surface area contributed by atoms with E-state index in [1.807, 2.05) is 0 Å². The fourth-order valence-electron chi connectivity index (χ4n) is 0.716. The summed E-state index contributed by atoms with van der Waals surface area (Å²) < 4.78 is 13.4. The van der Waals surface area contributed by atoms with Gasteiger partial charge in [0.1, 0.15) is 9.60 Å². The normalized spacial score (nSPS) is 12.1. The number of hydrogen-bond acceptors (Lipinski definition) is 1. The standard InChI is InChI=1S/C8H10BrFS/c1-8(2,3)6-4-5(10)7(9)11-6/h4H,1-3H3. The van der Waals surface area contributed by atoms with Crippen molar-refractivity contribution in [3.8, 4) is 0 Å². The smallest absolute Gasteiger partial charge is 0.148 e. The molecule has 1 aromatic rings. The van der Waals surface area contributed by atoms with E-state index in [9.17, 15) is 4.39 Å². The molecule has 0 nitrogen and oxygen atoms in total. The lowest BCUT2D eigenvalue weighted by molar-refractivity contribution is 0.589. The van der Waals surface area contributed by atoms with Crippen molar-refractivity contribution in [1.29, 1.82) is 0 Å². The lowest BCUT2D eigenvalue weighted by Gasteiger charge is -2.14. The Hall–Kier alpha value is 0.110. The molecule has 0 aromatic carbocycles. The van der Waals surface area contributed by atoms with Crippen molar-refractivity contribution in [2.75, 3.05) is 0 Å². The first-order chi connectivity index (χ1) is 4.91. The van der Waals surface area contributed by atoms with Crippen molar-refractivity contribution in [2.24, 2.45) is 0 Å². The van der Waals surface area contributed by atoms with Crippen molar-refractivity contribution in [3.63, 3.8) is 0 Å². The van der Waals surface area contributed by atoms with Crippen LogP contribution in [0.1, 0.15) is 25.6 Å². The fraction of sp³-hybridized carbons (Fsp3) is 0.500. The molecule has 1 rings (SSSR count). The van der Waals surface area contributed by atoms with Crippen molar-refractivity contribution >= 4 is 27.3 Å². The highest BCUT2D eigenvalue weighted by Crippen LogP contribution is 2.34. The van der Waals surface area contributed by atoms with Gasteiger partial charge in [0.2, 0.25) is 0 Å². The van der Waals surface area contributed by atoms with Gasteiger partial charge in [-0.25, -0.2) is 4.39 Å². The van der Waals surface area contributed by atoms with Gasteiger partial charge in [-0.15, -0.1) is 11.3 Å². The number of rotatable bonds is 0. The molecule has 0 N–H and O–H groups in total. The van der Waals surface area contributed by atoms with E-state index in [1.165, 1.54) is 11.3 Å². The highest BCUT2D eigenvalue weighted by Gasteiger charge is 2.18. The van der Waals surface area contributed by atoms with Gasteiger partial charge in [0.25, 0.3) is 0 Å². The second-order valence-corrected chi connectivity index (χ2v) is 5.85. The predicted octanol–water partition coefficient (Wildman–Crippen LogP) is 3.95. The summed E-state index contributed by atoms with van der Waals surface area (Å²) in [5, 5.41) is 0. The van der Waals surface area contributed by atoms with Gasteiger partial charge in [0, 0.05) is 4.88 Å². The molecular weight excluding hydrogens is 227 g/mol. The minimum atomic E-state index is -0.153. The predicted molar refractivity (Wildman–Crippen MR) is 50.7 cm³/mol. The summed E-state index contributed by atoms with van der Waals surface area (Å²) in [6, 6.07) is 1.59.